The molecule has 1 aromatic rings. The summed E-state index contributed by atoms with van der Waals surface area (Å²) in [4.78, 5) is 16.2. The molecule has 1 amide bonds. The quantitative estimate of drug-likeness (QED) is 0.174. The van der Waals surface area contributed by atoms with Gasteiger partial charge >= 0.3 is 0 Å². The van der Waals surface area contributed by atoms with Gasteiger partial charge in [-0.05, 0) is 19.0 Å². The minimum Gasteiger partial charge on any atom is -0.385 e. The summed E-state index contributed by atoms with van der Waals surface area (Å²) in [5, 5.41) is 19.4. The number of sulfonamides is 2. The van der Waals surface area contributed by atoms with Crippen LogP contribution >= 0.6 is 11.3 Å². The molecule has 2 rings (SSSR count). The molecule has 1 aliphatic heterocycles. The summed E-state index contributed by atoms with van der Waals surface area (Å²) >= 11 is 0.573. The summed E-state index contributed by atoms with van der Waals surface area (Å²) in [5.74, 6) is -0.987. The lowest BCUT2D eigenvalue weighted by molar-refractivity contribution is -0.493. The number of carbonyl (C=O) groups is 1. The van der Waals surface area contributed by atoms with Crippen molar-refractivity contribution in [2.24, 2.45) is 0 Å². The number of amides is 1. The third kappa shape index (κ3) is 7.62. The van der Waals surface area contributed by atoms with Gasteiger partial charge in [0.25, 0.3) is 26.0 Å². The topological polar surface area (TPSA) is 184 Å². The van der Waals surface area contributed by atoms with Crippen LogP contribution in [0.5, 0.6) is 0 Å². The lowest BCUT2D eigenvalue weighted by Crippen LogP contribution is -2.43. The van der Waals surface area contributed by atoms with Gasteiger partial charge in [0.1, 0.15) is 15.0 Å². The fourth-order valence-electron chi connectivity index (χ4n) is 3.05. The van der Waals surface area contributed by atoms with Crippen LogP contribution in [0.15, 0.2) is 14.5 Å². The van der Waals surface area contributed by atoms with E-state index < -0.39 is 44.0 Å². The van der Waals surface area contributed by atoms with Crippen molar-refractivity contribution >= 4 is 37.3 Å². The zero-order valence-electron chi connectivity index (χ0n) is 18.1. The van der Waals surface area contributed by atoms with Crippen molar-refractivity contribution in [3.05, 3.63) is 11.6 Å². The van der Waals surface area contributed by atoms with Gasteiger partial charge in [0.05, 0.1) is 18.6 Å². The first-order valence-corrected chi connectivity index (χ1v) is 13.6. The van der Waals surface area contributed by atoms with Crippen molar-refractivity contribution in [3.8, 4) is 0 Å². The average molecular weight is 533 g/mol. The highest BCUT2D eigenvalue weighted by molar-refractivity contribution is 7.94. The van der Waals surface area contributed by atoms with E-state index in [2.05, 4.69) is 10.2 Å². The first kappa shape index (κ1) is 28.0. The summed E-state index contributed by atoms with van der Waals surface area (Å²) < 4.78 is 64.1. The van der Waals surface area contributed by atoms with Crippen LogP contribution < -0.4 is 10.0 Å². The van der Waals surface area contributed by atoms with Crippen molar-refractivity contribution in [2.45, 2.75) is 27.8 Å². The van der Waals surface area contributed by atoms with Gasteiger partial charge in [-0.3, -0.25) is 15.2 Å². The summed E-state index contributed by atoms with van der Waals surface area (Å²) in [5.41, 5.74) is 0.337. The van der Waals surface area contributed by atoms with E-state index in [0.717, 1.165) is 0 Å². The largest absolute Gasteiger partial charge is 0.385 e. The maximum Gasteiger partial charge on any atom is 0.273 e. The molecule has 0 saturated heterocycles. The Labute approximate surface area is 196 Å². The third-order valence-electron chi connectivity index (χ3n) is 4.43. The van der Waals surface area contributed by atoms with E-state index in [-0.39, 0.29) is 34.7 Å². The van der Waals surface area contributed by atoms with Gasteiger partial charge in [-0.25, -0.2) is 26.4 Å². The van der Waals surface area contributed by atoms with E-state index in [1.807, 2.05) is 11.6 Å². The fourth-order valence-corrected chi connectivity index (χ4v) is 7.91. The van der Waals surface area contributed by atoms with E-state index in [0.29, 0.717) is 36.5 Å². The van der Waals surface area contributed by atoms with Crippen molar-refractivity contribution in [2.75, 3.05) is 53.2 Å². The normalized spacial score (nSPS) is 18.4. The number of hydrogen-bond donors (Lipinski definition) is 4. The molecule has 4 N–H and O–H groups in total. The molecule has 0 spiro atoms. The third-order valence-corrected chi connectivity index (χ3v) is 9.82. The Morgan fingerprint density at radius 3 is 2.70 bits per heavy atom. The molecule has 17 heteroatoms. The van der Waals surface area contributed by atoms with Crippen LogP contribution in [-0.2, 0) is 39.2 Å². The number of likely N-dealkylation sites (N-methyl/N-ethyl adjacent to an activating group) is 1. The predicted molar refractivity (Wildman–Crippen MR) is 114 cm³/mol. The summed E-state index contributed by atoms with van der Waals surface area (Å²) in [6, 6.07) is 0.853. The highest BCUT2D eigenvalue weighted by Gasteiger charge is 2.40. The van der Waals surface area contributed by atoms with Crippen molar-refractivity contribution in [1.29, 1.82) is 0 Å². The Morgan fingerprint density at radius 1 is 1.33 bits per heavy atom. The van der Waals surface area contributed by atoms with Crippen LogP contribution in [0.25, 0.3) is 0 Å². The van der Waals surface area contributed by atoms with Gasteiger partial charge in [-0.15, -0.1) is 11.3 Å². The number of carbonyl (C=O) groups excluding carboxylic acids is 1. The fraction of sp³-hybridized carbons (Fsp3) is 0.688. The van der Waals surface area contributed by atoms with Crippen LogP contribution in [0, 0.1) is 0 Å². The smallest absolute Gasteiger partial charge is 0.273 e. The molecule has 14 nitrogen and oxygen atoms in total. The lowest BCUT2D eigenvalue weighted by atomic mass is 10.1. The number of nitrogens with zero attached hydrogens (tertiary/aromatic N) is 2. The number of fused-ring (bicyclic) bond motifs is 1. The van der Waals surface area contributed by atoms with E-state index in [9.17, 15) is 21.6 Å². The van der Waals surface area contributed by atoms with Crippen LogP contribution in [-0.4, -0.2) is 96.0 Å². The zero-order chi connectivity index (χ0) is 24.6. The number of nitrogens with one attached hydrogen (secondary N) is 2. The average Bonchev–Trinajstić information content (AvgIpc) is 3.19. The van der Waals surface area contributed by atoms with E-state index in [4.69, 9.17) is 19.9 Å². The van der Waals surface area contributed by atoms with E-state index in [1.165, 1.54) is 17.5 Å². The van der Waals surface area contributed by atoms with E-state index >= 15 is 0 Å². The van der Waals surface area contributed by atoms with Crippen LogP contribution in [0.2, 0.25) is 0 Å². The Morgan fingerprint density at radius 2 is 2.06 bits per heavy atom. The zero-order valence-corrected chi connectivity index (χ0v) is 20.5. The minimum atomic E-state index is -4.35. The highest BCUT2D eigenvalue weighted by atomic mass is 32.3. The van der Waals surface area contributed by atoms with Crippen LogP contribution in [0.4, 0.5) is 0 Å². The number of ether oxygens (including phenoxy) is 2. The first-order valence-electron chi connectivity index (χ1n) is 9.83. The Balaban J connectivity index is 2.16. The molecule has 1 atom stereocenters. The molecule has 1 aliphatic rings. The number of thiophene rings is 1. The van der Waals surface area contributed by atoms with Crippen molar-refractivity contribution < 1.29 is 46.4 Å². The molecular weight excluding hydrogens is 504 g/mol. The molecule has 33 heavy (non-hydrogen) atoms. The molecule has 190 valence electrons. The second-order valence-corrected chi connectivity index (χ2v) is 11.9. The minimum absolute atomic E-state index is 0.0871. The van der Waals surface area contributed by atoms with Gasteiger partial charge in [0.2, 0.25) is 0 Å². The summed E-state index contributed by atoms with van der Waals surface area (Å²) in [6.45, 7) is 1.98. The Hall–Kier alpha value is -1.25. The van der Waals surface area contributed by atoms with E-state index in [1.54, 1.807) is 0 Å². The first-order chi connectivity index (χ1) is 15.5. The van der Waals surface area contributed by atoms with Gasteiger partial charge in [0.15, 0.2) is 0 Å². The molecule has 0 fully saturated rings. The molecule has 2 heterocycles. The molecule has 0 aromatic carbocycles. The SMILES string of the molecule is CCN[C@H]1CN(CCCOC)S(=O)(=O)c2sc(S(=O)(=O)NC(=O)COCCON(O)O)cc21. The maximum atomic E-state index is 13.1. The molecule has 1 aromatic heterocycles. The molecule has 0 radical (unpaired) electrons. The highest BCUT2D eigenvalue weighted by Crippen LogP contribution is 2.40. The standard InChI is InChI=1S/C16H28N4O10S3/c1-3-17-13-10-19(5-4-6-28-2)33(26,27)16-12(13)9-15(31-16)32(24,25)18-14(21)11-29-7-8-30-20(22)23/h9,13,17,22-23H,3-8,10-11H2,1-2H3,(H,18,21)/t13-/m0/s1. The predicted octanol–water partition coefficient (Wildman–Crippen LogP) is -0.727. The number of rotatable bonds is 14. The Kier molecular flexibility index (Phi) is 10.6. The van der Waals surface area contributed by atoms with Gasteiger partial charge < -0.3 is 14.8 Å². The lowest BCUT2D eigenvalue weighted by Gasteiger charge is -2.32. The molecule has 0 saturated carbocycles. The molecular formula is C16H28N4O10S3. The molecule has 0 aliphatic carbocycles. The molecule has 0 bridgehead atoms. The van der Waals surface area contributed by atoms with Crippen LogP contribution in [0.1, 0.15) is 24.9 Å². The maximum absolute atomic E-state index is 13.1. The second kappa shape index (κ2) is 12.5. The summed E-state index contributed by atoms with van der Waals surface area (Å²) in [7, 11) is -6.74. The molecule has 0 unspecified atom stereocenters. The van der Waals surface area contributed by atoms with Gasteiger partial charge in [-0.1, -0.05) is 6.92 Å². The summed E-state index contributed by atoms with van der Waals surface area (Å²) in [6.07, 6.45) is 0.482. The van der Waals surface area contributed by atoms with Crippen molar-refractivity contribution in [3.63, 3.8) is 0 Å². The second-order valence-electron chi connectivity index (χ2n) is 6.80. The number of hydrogen-bond acceptors (Lipinski definition) is 13. The van der Waals surface area contributed by atoms with Crippen LogP contribution in [0.3, 0.4) is 0 Å². The van der Waals surface area contributed by atoms with Gasteiger partial charge in [0, 0.05) is 38.4 Å². The van der Waals surface area contributed by atoms with Crippen molar-refractivity contribution in [1.82, 2.24) is 19.7 Å². The van der Waals surface area contributed by atoms with Gasteiger partial charge in [-0.2, -0.15) is 4.31 Å². The Bertz CT molecular complexity index is 996. The number of methoxy groups -OCH3 is 1. The monoisotopic (exact) mass is 532 g/mol.